The summed E-state index contributed by atoms with van der Waals surface area (Å²) in [5, 5.41) is 14.0. The van der Waals surface area contributed by atoms with Gasteiger partial charge in [0, 0.05) is 24.2 Å². The van der Waals surface area contributed by atoms with Gasteiger partial charge < -0.3 is 15.4 Å². The quantitative estimate of drug-likeness (QED) is 0.759. The van der Waals surface area contributed by atoms with Gasteiger partial charge in [0.05, 0.1) is 5.92 Å². The van der Waals surface area contributed by atoms with Crippen LogP contribution in [0.5, 0.6) is 0 Å². The Balaban J connectivity index is 1.87. The molecule has 20 heavy (non-hydrogen) atoms. The molecule has 2 rings (SSSR count). The van der Waals surface area contributed by atoms with E-state index in [1.54, 1.807) is 12.3 Å². The molecule has 0 spiro atoms. The van der Waals surface area contributed by atoms with Gasteiger partial charge in [-0.3, -0.25) is 9.59 Å². The van der Waals surface area contributed by atoms with Crippen LogP contribution in [0.2, 0.25) is 0 Å². The third-order valence-electron chi connectivity index (χ3n) is 3.07. The highest BCUT2D eigenvalue weighted by Gasteiger charge is 2.12. The summed E-state index contributed by atoms with van der Waals surface area (Å²) in [5.74, 6) is -1.31. The number of hydrogen-bond donors (Lipinski definition) is 3. The van der Waals surface area contributed by atoms with E-state index in [2.05, 4.69) is 10.3 Å². The molecular formula is C14H16N2O3S. The molecule has 1 atom stereocenters. The Morgan fingerprint density at radius 3 is 2.60 bits per heavy atom. The molecule has 0 radical (unpaired) electrons. The lowest BCUT2D eigenvalue weighted by Crippen LogP contribution is -2.14. The molecular weight excluding hydrogens is 276 g/mol. The molecule has 0 saturated heterocycles. The number of benzene rings is 1. The van der Waals surface area contributed by atoms with Crippen LogP contribution in [0.1, 0.15) is 29.7 Å². The highest BCUT2D eigenvalue weighted by Crippen LogP contribution is 2.16. The lowest BCUT2D eigenvalue weighted by molar-refractivity contribution is -0.138. The van der Waals surface area contributed by atoms with Crippen LogP contribution in [-0.2, 0) is 17.9 Å². The number of H-pyrrole nitrogens is 1. The number of carbonyl (C=O) groups is 1. The van der Waals surface area contributed by atoms with E-state index in [4.69, 9.17) is 5.11 Å². The summed E-state index contributed by atoms with van der Waals surface area (Å²) in [6, 6.07) is 7.50. The molecule has 0 aliphatic rings. The fourth-order valence-corrected chi connectivity index (χ4v) is 2.39. The molecule has 0 bridgehead atoms. The van der Waals surface area contributed by atoms with Crippen LogP contribution in [0.25, 0.3) is 0 Å². The summed E-state index contributed by atoms with van der Waals surface area (Å²) in [6.45, 7) is 2.94. The molecule has 6 heteroatoms. The van der Waals surface area contributed by atoms with E-state index in [1.807, 2.05) is 24.3 Å². The molecule has 2 aromatic rings. The van der Waals surface area contributed by atoms with E-state index < -0.39 is 11.9 Å². The zero-order chi connectivity index (χ0) is 14.5. The van der Waals surface area contributed by atoms with Gasteiger partial charge in [-0.15, -0.1) is 0 Å². The topological polar surface area (TPSA) is 82.2 Å². The molecule has 0 aliphatic carbocycles. The molecule has 5 nitrogen and oxygen atoms in total. The van der Waals surface area contributed by atoms with Crippen molar-refractivity contribution in [3.8, 4) is 0 Å². The van der Waals surface area contributed by atoms with Crippen molar-refractivity contribution in [1.82, 2.24) is 10.3 Å². The smallest absolute Gasteiger partial charge is 0.310 e. The number of thiazole rings is 1. The van der Waals surface area contributed by atoms with Crippen molar-refractivity contribution in [3.63, 3.8) is 0 Å². The van der Waals surface area contributed by atoms with Crippen molar-refractivity contribution in [1.29, 1.82) is 0 Å². The number of rotatable bonds is 6. The standard InChI is InChI=1S/C14H16N2O3S/c1-9(13(17)18)11-4-2-10(3-5-11)6-15-7-12-8-20-14(19)16-12/h2-5,8-9,15H,6-7H2,1H3,(H,16,19)(H,17,18). The molecule has 106 valence electrons. The van der Waals surface area contributed by atoms with E-state index in [-0.39, 0.29) is 4.87 Å². The van der Waals surface area contributed by atoms with Crippen molar-refractivity contribution in [2.24, 2.45) is 0 Å². The molecule has 0 amide bonds. The molecule has 1 aromatic heterocycles. The largest absolute Gasteiger partial charge is 0.481 e. The average molecular weight is 292 g/mol. The fourth-order valence-electron chi connectivity index (χ4n) is 1.81. The number of carboxylic acids is 1. The van der Waals surface area contributed by atoms with E-state index >= 15 is 0 Å². The van der Waals surface area contributed by atoms with E-state index in [0.717, 1.165) is 28.2 Å². The number of nitrogens with one attached hydrogen (secondary N) is 2. The number of carboxylic acid groups (broad SMARTS) is 1. The maximum atomic E-state index is 11.0. The maximum absolute atomic E-state index is 11.0. The van der Waals surface area contributed by atoms with E-state index in [1.165, 1.54) is 0 Å². The summed E-state index contributed by atoms with van der Waals surface area (Å²) in [7, 11) is 0. The Labute approximate surface area is 120 Å². The predicted molar refractivity (Wildman–Crippen MR) is 78.0 cm³/mol. The molecule has 1 aromatic carbocycles. The van der Waals surface area contributed by atoms with Crippen molar-refractivity contribution in [3.05, 3.63) is 56.1 Å². The average Bonchev–Trinajstić information content (AvgIpc) is 2.84. The second-order valence-electron chi connectivity index (χ2n) is 4.58. The molecule has 1 heterocycles. The zero-order valence-corrected chi connectivity index (χ0v) is 11.9. The van der Waals surface area contributed by atoms with Gasteiger partial charge in [-0.2, -0.15) is 0 Å². The first-order chi connectivity index (χ1) is 9.56. The summed E-state index contributed by atoms with van der Waals surface area (Å²) < 4.78 is 0. The van der Waals surface area contributed by atoms with Crippen LogP contribution in [0, 0.1) is 0 Å². The van der Waals surface area contributed by atoms with Crippen molar-refractivity contribution < 1.29 is 9.90 Å². The van der Waals surface area contributed by atoms with Gasteiger partial charge in [0.2, 0.25) is 0 Å². The van der Waals surface area contributed by atoms with Gasteiger partial charge in [0.15, 0.2) is 0 Å². The second kappa shape index (κ2) is 6.49. The molecule has 3 N–H and O–H groups in total. The highest BCUT2D eigenvalue weighted by molar-refractivity contribution is 7.07. The summed E-state index contributed by atoms with van der Waals surface area (Å²) in [4.78, 5) is 24.5. The van der Waals surface area contributed by atoms with Gasteiger partial charge >= 0.3 is 10.8 Å². The lowest BCUT2D eigenvalue weighted by Gasteiger charge is -2.08. The van der Waals surface area contributed by atoms with Crippen LogP contribution >= 0.6 is 11.3 Å². The third-order valence-corrected chi connectivity index (χ3v) is 3.78. The van der Waals surface area contributed by atoms with Gasteiger partial charge in [0.1, 0.15) is 0 Å². The van der Waals surface area contributed by atoms with Crippen LogP contribution in [-0.4, -0.2) is 16.1 Å². The number of aromatic amines is 1. The minimum atomic E-state index is -0.822. The minimum Gasteiger partial charge on any atom is -0.481 e. The fraction of sp³-hybridized carbons (Fsp3) is 0.286. The Bertz CT molecular complexity index is 630. The Morgan fingerprint density at radius 2 is 2.05 bits per heavy atom. The summed E-state index contributed by atoms with van der Waals surface area (Å²) in [5.41, 5.74) is 2.74. The minimum absolute atomic E-state index is 0.0474. The Kier molecular flexibility index (Phi) is 4.70. The first kappa shape index (κ1) is 14.5. The van der Waals surface area contributed by atoms with Crippen molar-refractivity contribution >= 4 is 17.3 Å². The number of aliphatic carboxylic acids is 1. The lowest BCUT2D eigenvalue weighted by atomic mass is 10.0. The molecule has 1 unspecified atom stereocenters. The van der Waals surface area contributed by atoms with E-state index in [0.29, 0.717) is 13.1 Å². The van der Waals surface area contributed by atoms with Gasteiger partial charge in [-0.05, 0) is 18.1 Å². The SMILES string of the molecule is CC(C(=O)O)c1ccc(CNCc2csc(=O)[nH]2)cc1. The van der Waals surface area contributed by atoms with Gasteiger partial charge in [0.25, 0.3) is 0 Å². The monoisotopic (exact) mass is 292 g/mol. The summed E-state index contributed by atoms with van der Waals surface area (Å²) >= 11 is 1.15. The van der Waals surface area contributed by atoms with Gasteiger partial charge in [-0.1, -0.05) is 35.6 Å². The highest BCUT2D eigenvalue weighted by atomic mass is 32.1. The van der Waals surface area contributed by atoms with Crippen LogP contribution in [0.3, 0.4) is 0 Å². The first-order valence-corrected chi connectivity index (χ1v) is 7.13. The van der Waals surface area contributed by atoms with Crippen molar-refractivity contribution in [2.75, 3.05) is 0 Å². The van der Waals surface area contributed by atoms with Crippen LogP contribution < -0.4 is 10.2 Å². The van der Waals surface area contributed by atoms with Crippen LogP contribution in [0.4, 0.5) is 0 Å². The predicted octanol–water partition coefficient (Wildman–Crippen LogP) is 1.91. The zero-order valence-electron chi connectivity index (χ0n) is 11.1. The maximum Gasteiger partial charge on any atom is 0.310 e. The molecule has 0 fully saturated rings. The second-order valence-corrected chi connectivity index (χ2v) is 5.42. The first-order valence-electron chi connectivity index (χ1n) is 6.25. The molecule has 0 aliphatic heterocycles. The van der Waals surface area contributed by atoms with Gasteiger partial charge in [-0.25, -0.2) is 0 Å². The number of aromatic nitrogens is 1. The number of hydrogen-bond acceptors (Lipinski definition) is 4. The van der Waals surface area contributed by atoms with Crippen LogP contribution in [0.15, 0.2) is 34.4 Å². The Morgan fingerprint density at radius 1 is 1.35 bits per heavy atom. The Hall–Kier alpha value is -1.92. The van der Waals surface area contributed by atoms with Crippen molar-refractivity contribution in [2.45, 2.75) is 25.9 Å². The third kappa shape index (κ3) is 3.79. The molecule has 0 saturated carbocycles. The summed E-state index contributed by atoms with van der Waals surface area (Å²) in [6.07, 6.45) is 0. The normalized spacial score (nSPS) is 12.2. The van der Waals surface area contributed by atoms with E-state index in [9.17, 15) is 9.59 Å².